The molecule has 0 bridgehead atoms. The lowest BCUT2D eigenvalue weighted by Gasteiger charge is -2.25. The maximum absolute atomic E-state index is 11.9. The van der Waals surface area contributed by atoms with Crippen molar-refractivity contribution in [1.29, 1.82) is 0 Å². The molecule has 18 heavy (non-hydrogen) atoms. The summed E-state index contributed by atoms with van der Waals surface area (Å²) in [6.45, 7) is 5.69. The molecule has 1 saturated carbocycles. The molecule has 1 atom stereocenters. The number of hydrogen-bond acceptors (Lipinski definition) is 2. The fourth-order valence-electron chi connectivity index (χ4n) is 2.79. The van der Waals surface area contributed by atoms with Crippen LogP contribution in [0.4, 0.5) is 0 Å². The Balaban J connectivity index is 2.38. The first-order valence-electron chi connectivity index (χ1n) is 6.81. The smallest absolute Gasteiger partial charge is 0.303 e. The van der Waals surface area contributed by atoms with E-state index in [1.54, 1.807) is 0 Å². The quantitative estimate of drug-likeness (QED) is 0.766. The van der Waals surface area contributed by atoms with Crippen LogP contribution in [0.2, 0.25) is 0 Å². The number of amides is 1. The summed E-state index contributed by atoms with van der Waals surface area (Å²) >= 11 is 0. The summed E-state index contributed by atoms with van der Waals surface area (Å²) in [4.78, 5) is 22.6. The van der Waals surface area contributed by atoms with Crippen LogP contribution in [0.25, 0.3) is 0 Å². The zero-order valence-corrected chi connectivity index (χ0v) is 11.7. The van der Waals surface area contributed by atoms with Crippen LogP contribution in [0.1, 0.15) is 59.3 Å². The Morgan fingerprint density at radius 3 is 2.33 bits per heavy atom. The highest BCUT2D eigenvalue weighted by atomic mass is 16.4. The fraction of sp³-hybridized carbons (Fsp3) is 0.857. The van der Waals surface area contributed by atoms with Gasteiger partial charge in [0.1, 0.15) is 0 Å². The number of carbonyl (C=O) groups excluding carboxylic acids is 1. The van der Waals surface area contributed by atoms with E-state index < -0.39 is 11.4 Å². The van der Waals surface area contributed by atoms with Gasteiger partial charge in [-0.25, -0.2) is 0 Å². The van der Waals surface area contributed by atoms with Gasteiger partial charge in [0, 0.05) is 12.5 Å². The second-order valence-electron chi connectivity index (χ2n) is 6.31. The molecule has 0 radical (unpaired) electrons. The molecule has 0 spiro atoms. The van der Waals surface area contributed by atoms with Crippen LogP contribution in [-0.4, -0.2) is 23.0 Å². The summed E-state index contributed by atoms with van der Waals surface area (Å²) < 4.78 is 0. The topological polar surface area (TPSA) is 66.4 Å². The number of hydrogen-bond donors (Lipinski definition) is 2. The third-order valence-electron chi connectivity index (χ3n) is 3.76. The molecule has 0 unspecified atom stereocenters. The molecular formula is C14H25NO3. The molecule has 0 aromatic carbocycles. The van der Waals surface area contributed by atoms with Crippen molar-refractivity contribution in [1.82, 2.24) is 5.32 Å². The van der Waals surface area contributed by atoms with E-state index >= 15 is 0 Å². The highest BCUT2D eigenvalue weighted by Crippen LogP contribution is 2.28. The van der Waals surface area contributed by atoms with E-state index in [1.807, 2.05) is 13.8 Å². The van der Waals surface area contributed by atoms with Crippen molar-refractivity contribution in [3.63, 3.8) is 0 Å². The number of carboxylic acid groups (broad SMARTS) is 1. The second kappa shape index (κ2) is 6.21. The van der Waals surface area contributed by atoms with E-state index in [1.165, 1.54) is 25.7 Å². The molecule has 4 heteroatoms. The number of carboxylic acids is 1. The third-order valence-corrected chi connectivity index (χ3v) is 3.76. The first kappa shape index (κ1) is 15.0. The number of rotatable bonds is 6. The summed E-state index contributed by atoms with van der Waals surface area (Å²) in [5.74, 6) is -0.283. The van der Waals surface area contributed by atoms with Crippen LogP contribution in [0.3, 0.4) is 0 Å². The summed E-state index contributed by atoms with van der Waals surface area (Å²) in [5.41, 5.74) is -0.481. The Bertz CT molecular complexity index is 306. The molecule has 0 aromatic rings. The van der Waals surface area contributed by atoms with Gasteiger partial charge < -0.3 is 10.4 Å². The lowest BCUT2D eigenvalue weighted by molar-refractivity contribution is -0.139. The minimum atomic E-state index is -0.850. The number of aliphatic carboxylic acids is 1. The lowest BCUT2D eigenvalue weighted by atomic mass is 9.85. The van der Waals surface area contributed by atoms with Gasteiger partial charge in [-0.2, -0.15) is 0 Å². The molecule has 1 amide bonds. The van der Waals surface area contributed by atoms with Crippen molar-refractivity contribution in [2.45, 2.75) is 65.3 Å². The monoisotopic (exact) mass is 255 g/mol. The summed E-state index contributed by atoms with van der Waals surface area (Å²) in [6.07, 6.45) is 5.21. The average molecular weight is 255 g/mol. The Morgan fingerprint density at radius 1 is 1.28 bits per heavy atom. The van der Waals surface area contributed by atoms with Crippen LogP contribution >= 0.6 is 0 Å². The van der Waals surface area contributed by atoms with Gasteiger partial charge in [0.2, 0.25) is 5.91 Å². The van der Waals surface area contributed by atoms with Crippen LogP contribution in [-0.2, 0) is 9.59 Å². The van der Waals surface area contributed by atoms with E-state index in [0.717, 1.165) is 0 Å². The SMILES string of the molecule is C[C@@H](NC(=O)CC(C)(C)CC(=O)O)C1CCCC1. The maximum atomic E-state index is 11.9. The molecule has 1 fully saturated rings. The number of carbonyl (C=O) groups is 2. The molecule has 0 saturated heterocycles. The summed E-state index contributed by atoms with van der Waals surface area (Å²) in [7, 11) is 0. The largest absolute Gasteiger partial charge is 0.481 e. The van der Waals surface area contributed by atoms with E-state index in [2.05, 4.69) is 12.2 Å². The van der Waals surface area contributed by atoms with Crippen molar-refractivity contribution in [3.05, 3.63) is 0 Å². The van der Waals surface area contributed by atoms with Gasteiger partial charge in [-0.15, -0.1) is 0 Å². The van der Waals surface area contributed by atoms with E-state index in [-0.39, 0.29) is 24.8 Å². The standard InChI is InChI=1S/C14H25NO3/c1-10(11-6-4-5-7-11)15-12(16)8-14(2,3)9-13(17)18/h10-11H,4-9H2,1-3H3,(H,15,16)(H,17,18)/t10-/m1/s1. The van der Waals surface area contributed by atoms with Crippen molar-refractivity contribution >= 4 is 11.9 Å². The van der Waals surface area contributed by atoms with Gasteiger partial charge >= 0.3 is 5.97 Å². The summed E-state index contributed by atoms with van der Waals surface area (Å²) in [5, 5.41) is 11.8. The normalized spacial score (nSPS) is 18.6. The maximum Gasteiger partial charge on any atom is 0.303 e. The third kappa shape index (κ3) is 5.07. The second-order valence-corrected chi connectivity index (χ2v) is 6.31. The predicted octanol–water partition coefficient (Wildman–Crippen LogP) is 2.57. The highest BCUT2D eigenvalue weighted by molar-refractivity contribution is 5.78. The zero-order chi connectivity index (χ0) is 13.8. The van der Waals surface area contributed by atoms with Crippen molar-refractivity contribution < 1.29 is 14.7 Å². The average Bonchev–Trinajstić information content (AvgIpc) is 2.65. The Morgan fingerprint density at radius 2 is 1.83 bits per heavy atom. The van der Waals surface area contributed by atoms with Crippen molar-refractivity contribution in [2.24, 2.45) is 11.3 Å². The first-order valence-corrected chi connectivity index (χ1v) is 6.81. The van der Waals surface area contributed by atoms with Gasteiger partial charge in [-0.3, -0.25) is 9.59 Å². The van der Waals surface area contributed by atoms with Crippen LogP contribution < -0.4 is 5.32 Å². The van der Waals surface area contributed by atoms with Crippen LogP contribution in [0.15, 0.2) is 0 Å². The fourth-order valence-corrected chi connectivity index (χ4v) is 2.79. The molecule has 1 aliphatic carbocycles. The van der Waals surface area contributed by atoms with Gasteiger partial charge in [0.15, 0.2) is 0 Å². The molecule has 1 aliphatic rings. The first-order chi connectivity index (χ1) is 8.30. The van der Waals surface area contributed by atoms with Crippen molar-refractivity contribution in [3.8, 4) is 0 Å². The molecular weight excluding hydrogens is 230 g/mol. The Hall–Kier alpha value is -1.06. The molecule has 4 nitrogen and oxygen atoms in total. The van der Waals surface area contributed by atoms with Crippen LogP contribution in [0, 0.1) is 11.3 Å². The minimum Gasteiger partial charge on any atom is -0.481 e. The van der Waals surface area contributed by atoms with Gasteiger partial charge in [0.25, 0.3) is 0 Å². The zero-order valence-electron chi connectivity index (χ0n) is 11.7. The van der Waals surface area contributed by atoms with E-state index in [9.17, 15) is 9.59 Å². The highest BCUT2D eigenvalue weighted by Gasteiger charge is 2.27. The molecule has 0 heterocycles. The molecule has 0 aromatic heterocycles. The Labute approximate surface area is 109 Å². The van der Waals surface area contributed by atoms with Crippen molar-refractivity contribution in [2.75, 3.05) is 0 Å². The molecule has 0 aliphatic heterocycles. The number of nitrogens with one attached hydrogen (secondary N) is 1. The summed E-state index contributed by atoms with van der Waals surface area (Å²) in [6, 6.07) is 0.209. The van der Waals surface area contributed by atoms with E-state index in [0.29, 0.717) is 5.92 Å². The van der Waals surface area contributed by atoms with Crippen LogP contribution in [0.5, 0.6) is 0 Å². The van der Waals surface area contributed by atoms with E-state index in [4.69, 9.17) is 5.11 Å². The van der Waals surface area contributed by atoms with Gasteiger partial charge in [-0.1, -0.05) is 26.7 Å². The van der Waals surface area contributed by atoms with Gasteiger partial charge in [-0.05, 0) is 31.1 Å². The predicted molar refractivity (Wildman–Crippen MR) is 70.2 cm³/mol. The molecule has 1 rings (SSSR count). The molecule has 104 valence electrons. The Kier molecular flexibility index (Phi) is 5.17. The molecule has 2 N–H and O–H groups in total. The van der Waals surface area contributed by atoms with Gasteiger partial charge in [0.05, 0.1) is 6.42 Å². The minimum absolute atomic E-state index is 0.0260. The lowest BCUT2D eigenvalue weighted by Crippen LogP contribution is -2.39.